The largest absolute Gasteiger partial charge is 0.491 e. The molecule has 1 aromatic carbocycles. The third-order valence-electron chi connectivity index (χ3n) is 3.16. The van der Waals surface area contributed by atoms with Crippen LogP contribution in [0.5, 0.6) is 5.75 Å². The van der Waals surface area contributed by atoms with E-state index < -0.39 is 0 Å². The Morgan fingerprint density at radius 1 is 1.18 bits per heavy atom. The van der Waals surface area contributed by atoms with Crippen molar-refractivity contribution in [2.75, 3.05) is 19.6 Å². The summed E-state index contributed by atoms with van der Waals surface area (Å²) in [6.45, 7) is 9.35. The molecule has 3 heteroatoms. The monoisotopic (exact) mass is 234 g/mol. The zero-order valence-electron chi connectivity index (χ0n) is 10.9. The Morgan fingerprint density at radius 3 is 2.41 bits per heavy atom. The molecule has 0 radical (unpaired) electrons. The molecule has 3 nitrogen and oxygen atoms in total. The first-order chi connectivity index (χ1) is 8.10. The van der Waals surface area contributed by atoms with Crippen LogP contribution >= 0.6 is 0 Å². The van der Waals surface area contributed by atoms with Gasteiger partial charge in [-0.3, -0.25) is 0 Å². The fourth-order valence-corrected chi connectivity index (χ4v) is 2.21. The molecule has 2 rings (SSSR count). The first kappa shape index (κ1) is 12.4. The summed E-state index contributed by atoms with van der Waals surface area (Å²) in [6, 6.07) is 8.41. The van der Waals surface area contributed by atoms with Crippen LogP contribution in [-0.2, 0) is 5.54 Å². The van der Waals surface area contributed by atoms with Crippen LogP contribution < -0.4 is 15.4 Å². The number of rotatable bonds is 3. The molecule has 94 valence electrons. The second-order valence-electron chi connectivity index (χ2n) is 5.13. The standard InChI is InChI=1S/C14H22N2O/c1-11(2)17-13-6-4-12(5-7-13)14(3)10-15-8-9-16-14/h4-7,11,15-16H,8-10H2,1-3H3. The number of nitrogens with one attached hydrogen (secondary N) is 2. The molecule has 1 atom stereocenters. The zero-order chi connectivity index (χ0) is 12.3. The van der Waals surface area contributed by atoms with Crippen molar-refractivity contribution in [2.45, 2.75) is 32.4 Å². The summed E-state index contributed by atoms with van der Waals surface area (Å²) < 4.78 is 5.65. The molecule has 1 aliphatic rings. The molecule has 0 aliphatic carbocycles. The van der Waals surface area contributed by atoms with E-state index in [0.717, 1.165) is 25.4 Å². The SMILES string of the molecule is CC(C)Oc1ccc(C2(C)CNCCN2)cc1. The maximum Gasteiger partial charge on any atom is 0.119 e. The third kappa shape index (κ3) is 2.99. The van der Waals surface area contributed by atoms with Gasteiger partial charge in [0.2, 0.25) is 0 Å². The Morgan fingerprint density at radius 2 is 1.88 bits per heavy atom. The van der Waals surface area contributed by atoms with Crippen LogP contribution in [0, 0.1) is 0 Å². The Hall–Kier alpha value is -1.06. The summed E-state index contributed by atoms with van der Waals surface area (Å²) in [4.78, 5) is 0. The lowest BCUT2D eigenvalue weighted by molar-refractivity contribution is 0.242. The van der Waals surface area contributed by atoms with Gasteiger partial charge in [0.15, 0.2) is 0 Å². The van der Waals surface area contributed by atoms with Crippen LogP contribution in [0.15, 0.2) is 24.3 Å². The van der Waals surface area contributed by atoms with Gasteiger partial charge in [-0.05, 0) is 38.5 Å². The molecule has 1 saturated heterocycles. The van der Waals surface area contributed by atoms with Gasteiger partial charge >= 0.3 is 0 Å². The lowest BCUT2D eigenvalue weighted by Gasteiger charge is -2.36. The fourth-order valence-electron chi connectivity index (χ4n) is 2.21. The lowest BCUT2D eigenvalue weighted by Crippen LogP contribution is -2.54. The van der Waals surface area contributed by atoms with Crippen molar-refractivity contribution in [1.29, 1.82) is 0 Å². The van der Waals surface area contributed by atoms with Gasteiger partial charge in [-0.1, -0.05) is 12.1 Å². The zero-order valence-corrected chi connectivity index (χ0v) is 10.9. The average Bonchev–Trinajstić information content (AvgIpc) is 2.30. The van der Waals surface area contributed by atoms with E-state index in [2.05, 4.69) is 41.8 Å². The molecule has 0 aromatic heterocycles. The number of benzene rings is 1. The van der Waals surface area contributed by atoms with Crippen LogP contribution in [0.3, 0.4) is 0 Å². The Balaban J connectivity index is 2.11. The van der Waals surface area contributed by atoms with Gasteiger partial charge in [-0.2, -0.15) is 0 Å². The summed E-state index contributed by atoms with van der Waals surface area (Å²) in [7, 11) is 0. The highest BCUT2D eigenvalue weighted by atomic mass is 16.5. The number of piperazine rings is 1. The number of hydrogen-bond acceptors (Lipinski definition) is 3. The van der Waals surface area contributed by atoms with E-state index in [-0.39, 0.29) is 11.6 Å². The normalized spacial score (nSPS) is 24.9. The van der Waals surface area contributed by atoms with Gasteiger partial charge in [0.1, 0.15) is 5.75 Å². The number of hydrogen-bond donors (Lipinski definition) is 2. The quantitative estimate of drug-likeness (QED) is 0.838. The van der Waals surface area contributed by atoms with Gasteiger partial charge < -0.3 is 15.4 Å². The molecule has 1 aromatic rings. The Kier molecular flexibility index (Phi) is 3.69. The topological polar surface area (TPSA) is 33.3 Å². The summed E-state index contributed by atoms with van der Waals surface area (Å²) in [6.07, 6.45) is 0.228. The van der Waals surface area contributed by atoms with Crippen molar-refractivity contribution in [3.05, 3.63) is 29.8 Å². The molecule has 0 amide bonds. The minimum absolute atomic E-state index is 0.0363. The molecule has 2 N–H and O–H groups in total. The van der Waals surface area contributed by atoms with Gasteiger partial charge in [0.05, 0.1) is 11.6 Å². The van der Waals surface area contributed by atoms with E-state index in [4.69, 9.17) is 4.74 Å². The van der Waals surface area contributed by atoms with Crippen molar-refractivity contribution >= 4 is 0 Å². The Labute approximate surface area is 104 Å². The van der Waals surface area contributed by atoms with E-state index in [1.165, 1.54) is 5.56 Å². The fraction of sp³-hybridized carbons (Fsp3) is 0.571. The minimum Gasteiger partial charge on any atom is -0.491 e. The van der Waals surface area contributed by atoms with Crippen LogP contribution in [-0.4, -0.2) is 25.7 Å². The second-order valence-corrected chi connectivity index (χ2v) is 5.13. The van der Waals surface area contributed by atoms with Crippen molar-refractivity contribution in [2.24, 2.45) is 0 Å². The van der Waals surface area contributed by atoms with Gasteiger partial charge in [0, 0.05) is 19.6 Å². The first-order valence-electron chi connectivity index (χ1n) is 6.33. The molecule has 1 heterocycles. The molecule has 0 spiro atoms. The first-order valence-corrected chi connectivity index (χ1v) is 6.33. The highest BCUT2D eigenvalue weighted by Crippen LogP contribution is 2.24. The predicted octanol–water partition coefficient (Wildman–Crippen LogP) is 1.88. The second kappa shape index (κ2) is 5.07. The molecule has 0 saturated carbocycles. The van der Waals surface area contributed by atoms with Crippen molar-refractivity contribution in [1.82, 2.24) is 10.6 Å². The highest BCUT2D eigenvalue weighted by Gasteiger charge is 2.27. The average molecular weight is 234 g/mol. The van der Waals surface area contributed by atoms with E-state index in [9.17, 15) is 0 Å². The van der Waals surface area contributed by atoms with Gasteiger partial charge in [0.25, 0.3) is 0 Å². The van der Waals surface area contributed by atoms with E-state index >= 15 is 0 Å². The maximum absolute atomic E-state index is 5.65. The summed E-state index contributed by atoms with van der Waals surface area (Å²) in [5.74, 6) is 0.941. The van der Waals surface area contributed by atoms with Crippen LogP contribution in [0.1, 0.15) is 26.3 Å². The van der Waals surface area contributed by atoms with Gasteiger partial charge in [-0.25, -0.2) is 0 Å². The van der Waals surface area contributed by atoms with Gasteiger partial charge in [-0.15, -0.1) is 0 Å². The Bertz CT molecular complexity index is 353. The minimum atomic E-state index is 0.0363. The van der Waals surface area contributed by atoms with E-state index in [1.54, 1.807) is 0 Å². The van der Waals surface area contributed by atoms with Crippen molar-refractivity contribution in [3.63, 3.8) is 0 Å². The summed E-state index contributed by atoms with van der Waals surface area (Å²) >= 11 is 0. The summed E-state index contributed by atoms with van der Waals surface area (Å²) in [5, 5.41) is 7.00. The van der Waals surface area contributed by atoms with Crippen molar-refractivity contribution in [3.8, 4) is 5.75 Å². The molecule has 1 aliphatic heterocycles. The highest BCUT2D eigenvalue weighted by molar-refractivity contribution is 5.32. The van der Waals surface area contributed by atoms with Crippen LogP contribution in [0.4, 0.5) is 0 Å². The summed E-state index contributed by atoms with van der Waals surface area (Å²) in [5.41, 5.74) is 1.34. The molecular formula is C14H22N2O. The number of ether oxygens (including phenoxy) is 1. The maximum atomic E-state index is 5.65. The molecule has 1 fully saturated rings. The third-order valence-corrected chi connectivity index (χ3v) is 3.16. The smallest absolute Gasteiger partial charge is 0.119 e. The van der Waals surface area contributed by atoms with Crippen LogP contribution in [0.2, 0.25) is 0 Å². The predicted molar refractivity (Wildman–Crippen MR) is 70.4 cm³/mol. The van der Waals surface area contributed by atoms with E-state index in [1.807, 2.05) is 13.8 Å². The molecule has 1 unspecified atom stereocenters. The van der Waals surface area contributed by atoms with E-state index in [0.29, 0.717) is 0 Å². The van der Waals surface area contributed by atoms with Crippen molar-refractivity contribution < 1.29 is 4.74 Å². The molecular weight excluding hydrogens is 212 g/mol. The lowest BCUT2D eigenvalue weighted by atomic mass is 9.90. The molecule has 17 heavy (non-hydrogen) atoms. The van der Waals surface area contributed by atoms with Crippen LogP contribution in [0.25, 0.3) is 0 Å². The molecule has 0 bridgehead atoms.